The summed E-state index contributed by atoms with van der Waals surface area (Å²) >= 11 is 0. The molecule has 0 aliphatic carbocycles. The first-order valence-electron chi connectivity index (χ1n) is 7.44. The van der Waals surface area contributed by atoms with Crippen molar-refractivity contribution in [1.82, 2.24) is 4.90 Å². The number of nitrogens with zero attached hydrogens (tertiary/aromatic N) is 1. The van der Waals surface area contributed by atoms with Crippen LogP contribution in [0.5, 0.6) is 0 Å². The SMILES string of the molecule is CCCC1CCN(C(CN)c2cccc(F)c2)CC1. The molecule has 1 aromatic carbocycles. The maximum atomic E-state index is 13.3. The zero-order valence-corrected chi connectivity index (χ0v) is 11.8. The monoisotopic (exact) mass is 264 g/mol. The van der Waals surface area contributed by atoms with Crippen LogP contribution in [0.4, 0.5) is 4.39 Å². The standard InChI is InChI=1S/C16H25FN2/c1-2-4-13-7-9-19(10-8-13)16(12-18)14-5-3-6-15(17)11-14/h3,5-6,11,13,16H,2,4,7-10,12,18H2,1H3. The minimum Gasteiger partial charge on any atom is -0.329 e. The van der Waals surface area contributed by atoms with Gasteiger partial charge in [-0.25, -0.2) is 4.39 Å². The summed E-state index contributed by atoms with van der Waals surface area (Å²) < 4.78 is 13.3. The number of piperidine rings is 1. The Morgan fingerprint density at radius 3 is 2.68 bits per heavy atom. The van der Waals surface area contributed by atoms with E-state index in [1.807, 2.05) is 6.07 Å². The Bertz CT molecular complexity index is 386. The molecule has 1 atom stereocenters. The van der Waals surface area contributed by atoms with Crippen LogP contribution in [-0.2, 0) is 0 Å². The molecule has 0 saturated carbocycles. The number of likely N-dealkylation sites (tertiary alicyclic amines) is 1. The normalized spacial score (nSPS) is 19.5. The van der Waals surface area contributed by atoms with Crippen molar-refractivity contribution in [3.8, 4) is 0 Å². The predicted octanol–water partition coefficient (Wildman–Crippen LogP) is 3.34. The van der Waals surface area contributed by atoms with Gasteiger partial charge in [0, 0.05) is 12.6 Å². The molecule has 0 spiro atoms. The third-order valence-electron chi connectivity index (χ3n) is 4.24. The summed E-state index contributed by atoms with van der Waals surface area (Å²) in [6.45, 7) is 4.98. The van der Waals surface area contributed by atoms with E-state index in [0.717, 1.165) is 24.6 Å². The topological polar surface area (TPSA) is 29.3 Å². The van der Waals surface area contributed by atoms with E-state index in [2.05, 4.69) is 11.8 Å². The molecule has 19 heavy (non-hydrogen) atoms. The fraction of sp³-hybridized carbons (Fsp3) is 0.625. The lowest BCUT2D eigenvalue weighted by Crippen LogP contribution is -2.39. The van der Waals surface area contributed by atoms with E-state index in [9.17, 15) is 4.39 Å². The van der Waals surface area contributed by atoms with Gasteiger partial charge in [-0.1, -0.05) is 31.9 Å². The zero-order valence-electron chi connectivity index (χ0n) is 11.8. The molecule has 2 rings (SSSR count). The molecule has 1 unspecified atom stereocenters. The summed E-state index contributed by atoms with van der Waals surface area (Å²) in [5.41, 5.74) is 6.93. The lowest BCUT2D eigenvalue weighted by atomic mass is 9.91. The van der Waals surface area contributed by atoms with Gasteiger partial charge in [0.1, 0.15) is 5.82 Å². The third-order valence-corrected chi connectivity index (χ3v) is 4.24. The van der Waals surface area contributed by atoms with Crippen LogP contribution in [0, 0.1) is 11.7 Å². The Morgan fingerprint density at radius 1 is 1.37 bits per heavy atom. The second kappa shape index (κ2) is 7.01. The highest BCUT2D eigenvalue weighted by Crippen LogP contribution is 2.28. The highest BCUT2D eigenvalue weighted by molar-refractivity contribution is 5.20. The Kier molecular flexibility index (Phi) is 5.34. The highest BCUT2D eigenvalue weighted by Gasteiger charge is 2.25. The van der Waals surface area contributed by atoms with Crippen molar-refractivity contribution in [2.24, 2.45) is 11.7 Å². The van der Waals surface area contributed by atoms with Gasteiger partial charge in [-0.15, -0.1) is 0 Å². The van der Waals surface area contributed by atoms with Crippen molar-refractivity contribution < 1.29 is 4.39 Å². The molecule has 2 N–H and O–H groups in total. The minimum atomic E-state index is -0.170. The average Bonchev–Trinajstić information content (AvgIpc) is 2.42. The number of rotatable bonds is 5. The molecule has 0 radical (unpaired) electrons. The summed E-state index contributed by atoms with van der Waals surface area (Å²) in [7, 11) is 0. The van der Waals surface area contributed by atoms with Gasteiger partial charge in [-0.05, 0) is 49.5 Å². The summed E-state index contributed by atoms with van der Waals surface area (Å²) in [5, 5.41) is 0. The number of benzene rings is 1. The molecular weight excluding hydrogens is 239 g/mol. The fourth-order valence-corrected chi connectivity index (χ4v) is 3.17. The smallest absolute Gasteiger partial charge is 0.123 e. The van der Waals surface area contributed by atoms with Crippen molar-refractivity contribution in [3.05, 3.63) is 35.6 Å². The summed E-state index contributed by atoms with van der Waals surface area (Å²) in [4.78, 5) is 2.42. The van der Waals surface area contributed by atoms with E-state index in [4.69, 9.17) is 5.73 Å². The van der Waals surface area contributed by atoms with E-state index >= 15 is 0 Å². The molecule has 106 valence electrons. The van der Waals surface area contributed by atoms with Gasteiger partial charge in [0.2, 0.25) is 0 Å². The van der Waals surface area contributed by atoms with E-state index in [-0.39, 0.29) is 11.9 Å². The second-order valence-corrected chi connectivity index (χ2v) is 5.57. The quantitative estimate of drug-likeness (QED) is 0.884. The molecule has 1 fully saturated rings. The first-order chi connectivity index (χ1) is 9.24. The summed E-state index contributed by atoms with van der Waals surface area (Å²) in [5.74, 6) is 0.698. The van der Waals surface area contributed by atoms with Crippen molar-refractivity contribution in [2.75, 3.05) is 19.6 Å². The number of nitrogens with two attached hydrogens (primary N) is 1. The zero-order chi connectivity index (χ0) is 13.7. The Hall–Kier alpha value is -0.930. The largest absolute Gasteiger partial charge is 0.329 e. The molecule has 2 nitrogen and oxygen atoms in total. The Balaban J connectivity index is 1.99. The van der Waals surface area contributed by atoms with E-state index in [1.165, 1.54) is 31.7 Å². The van der Waals surface area contributed by atoms with Crippen LogP contribution in [0.3, 0.4) is 0 Å². The maximum Gasteiger partial charge on any atom is 0.123 e. The number of hydrogen-bond acceptors (Lipinski definition) is 2. The van der Waals surface area contributed by atoms with E-state index < -0.39 is 0 Å². The average molecular weight is 264 g/mol. The Morgan fingerprint density at radius 2 is 2.11 bits per heavy atom. The van der Waals surface area contributed by atoms with E-state index in [1.54, 1.807) is 12.1 Å². The summed E-state index contributed by atoms with van der Waals surface area (Å²) in [6, 6.07) is 7.04. The first-order valence-corrected chi connectivity index (χ1v) is 7.44. The van der Waals surface area contributed by atoms with Gasteiger partial charge in [0.15, 0.2) is 0 Å². The molecule has 0 aromatic heterocycles. The fourth-order valence-electron chi connectivity index (χ4n) is 3.17. The van der Waals surface area contributed by atoms with Crippen molar-refractivity contribution in [1.29, 1.82) is 0 Å². The van der Waals surface area contributed by atoms with Gasteiger partial charge in [0.05, 0.1) is 0 Å². The predicted molar refractivity (Wildman–Crippen MR) is 77.4 cm³/mol. The molecular formula is C16H25FN2. The molecule has 1 aromatic rings. The number of hydrogen-bond donors (Lipinski definition) is 1. The highest BCUT2D eigenvalue weighted by atomic mass is 19.1. The van der Waals surface area contributed by atoms with Crippen LogP contribution >= 0.6 is 0 Å². The van der Waals surface area contributed by atoms with Crippen molar-refractivity contribution >= 4 is 0 Å². The van der Waals surface area contributed by atoms with Gasteiger partial charge in [0.25, 0.3) is 0 Å². The molecule has 0 amide bonds. The first kappa shape index (κ1) is 14.5. The van der Waals surface area contributed by atoms with Crippen LogP contribution in [-0.4, -0.2) is 24.5 Å². The van der Waals surface area contributed by atoms with Gasteiger partial charge >= 0.3 is 0 Å². The van der Waals surface area contributed by atoms with E-state index in [0.29, 0.717) is 6.54 Å². The second-order valence-electron chi connectivity index (χ2n) is 5.57. The molecule has 1 aliphatic heterocycles. The van der Waals surface area contributed by atoms with Gasteiger partial charge in [-0.3, -0.25) is 4.90 Å². The minimum absolute atomic E-state index is 0.165. The van der Waals surface area contributed by atoms with Gasteiger partial charge in [-0.2, -0.15) is 0 Å². The van der Waals surface area contributed by atoms with Gasteiger partial charge < -0.3 is 5.73 Å². The molecule has 1 aliphatic rings. The molecule has 1 heterocycles. The summed E-state index contributed by atoms with van der Waals surface area (Å²) in [6.07, 6.45) is 5.11. The van der Waals surface area contributed by atoms with Crippen LogP contribution in [0.2, 0.25) is 0 Å². The molecule has 0 bridgehead atoms. The number of halogens is 1. The molecule has 3 heteroatoms. The lowest BCUT2D eigenvalue weighted by molar-refractivity contribution is 0.131. The Labute approximate surface area is 115 Å². The maximum absolute atomic E-state index is 13.3. The van der Waals surface area contributed by atoms with Crippen molar-refractivity contribution in [2.45, 2.75) is 38.6 Å². The van der Waals surface area contributed by atoms with Crippen LogP contribution in [0.15, 0.2) is 24.3 Å². The van der Waals surface area contributed by atoms with Crippen LogP contribution < -0.4 is 5.73 Å². The van der Waals surface area contributed by atoms with Crippen molar-refractivity contribution in [3.63, 3.8) is 0 Å². The third kappa shape index (κ3) is 3.77. The van der Waals surface area contributed by atoms with Crippen LogP contribution in [0.25, 0.3) is 0 Å². The lowest BCUT2D eigenvalue weighted by Gasteiger charge is -2.37. The molecule has 1 saturated heterocycles. The van der Waals surface area contributed by atoms with Crippen LogP contribution in [0.1, 0.15) is 44.2 Å².